The molecule has 0 aliphatic carbocycles. The van der Waals surface area contributed by atoms with Crippen LogP contribution in [-0.4, -0.2) is 29.1 Å². The minimum absolute atomic E-state index is 0.508. The number of hydrogen-bond donors (Lipinski definition) is 0. The molecule has 0 radical (unpaired) electrons. The lowest BCUT2D eigenvalue weighted by Gasteiger charge is -2.33. The van der Waals surface area contributed by atoms with Crippen LogP contribution in [-0.2, 0) is 6.42 Å². The molecule has 1 aromatic carbocycles. The van der Waals surface area contributed by atoms with E-state index in [9.17, 15) is 0 Å². The monoisotopic (exact) mass is 398 g/mol. The molecule has 2 nitrogen and oxygen atoms in total. The van der Waals surface area contributed by atoms with Crippen molar-refractivity contribution in [3.05, 3.63) is 48.3 Å². The fourth-order valence-corrected chi connectivity index (χ4v) is 4.39. The largest absolute Gasteiger partial charge is 0.356 e. The maximum atomic E-state index is 2.61. The molecule has 2 rings (SSSR count). The zero-order valence-electron chi connectivity index (χ0n) is 19.3. The summed E-state index contributed by atoms with van der Waals surface area (Å²) in [5.41, 5.74) is 1.46. The maximum absolute atomic E-state index is 2.61. The van der Waals surface area contributed by atoms with Gasteiger partial charge in [-0.1, -0.05) is 115 Å². The zero-order valence-corrected chi connectivity index (χ0v) is 19.3. The predicted molar refractivity (Wildman–Crippen MR) is 128 cm³/mol. The summed E-state index contributed by atoms with van der Waals surface area (Å²) in [6.45, 7) is 7.00. The van der Waals surface area contributed by atoms with E-state index in [-0.39, 0.29) is 0 Å². The molecule has 29 heavy (non-hydrogen) atoms. The van der Waals surface area contributed by atoms with Crippen LogP contribution in [0.2, 0.25) is 0 Å². The first-order chi connectivity index (χ1) is 14.3. The summed E-state index contributed by atoms with van der Waals surface area (Å²) in [6.07, 6.45) is 24.3. The molecule has 1 aliphatic rings. The van der Waals surface area contributed by atoms with Gasteiger partial charge >= 0.3 is 0 Å². The second kappa shape index (κ2) is 15.4. The van der Waals surface area contributed by atoms with Crippen LogP contribution in [0.1, 0.15) is 103 Å². The van der Waals surface area contributed by atoms with Gasteiger partial charge in [0.2, 0.25) is 0 Å². The van der Waals surface area contributed by atoms with E-state index in [1.807, 2.05) is 0 Å². The molecule has 164 valence electrons. The third kappa shape index (κ3) is 9.74. The van der Waals surface area contributed by atoms with Crippen molar-refractivity contribution in [1.82, 2.24) is 9.80 Å². The second-order valence-corrected chi connectivity index (χ2v) is 8.83. The molecule has 0 aromatic heterocycles. The molecule has 1 aliphatic heterocycles. The van der Waals surface area contributed by atoms with Crippen LogP contribution in [0.25, 0.3) is 0 Å². The topological polar surface area (TPSA) is 6.48 Å². The van der Waals surface area contributed by atoms with Gasteiger partial charge < -0.3 is 9.80 Å². The quantitative estimate of drug-likeness (QED) is 0.247. The Kier molecular flexibility index (Phi) is 12.7. The Hall–Kier alpha value is -1.44. The van der Waals surface area contributed by atoms with E-state index < -0.39 is 0 Å². The fraction of sp³-hybridized carbons (Fsp3) is 0.704. The summed E-state index contributed by atoms with van der Waals surface area (Å²) in [4.78, 5) is 5.21. The summed E-state index contributed by atoms with van der Waals surface area (Å²) in [5.74, 6) is 0. The third-order valence-electron chi connectivity index (χ3n) is 6.27. The number of nitrogens with zero attached hydrogens (tertiary/aromatic N) is 2. The summed E-state index contributed by atoms with van der Waals surface area (Å²) in [7, 11) is 0. The van der Waals surface area contributed by atoms with Crippen molar-refractivity contribution in [1.29, 1.82) is 0 Å². The molecule has 1 atom stereocenters. The van der Waals surface area contributed by atoms with Gasteiger partial charge in [0.1, 0.15) is 6.17 Å². The molecule has 0 bridgehead atoms. The summed E-state index contributed by atoms with van der Waals surface area (Å²) >= 11 is 0. The van der Waals surface area contributed by atoms with E-state index in [2.05, 4.69) is 66.4 Å². The van der Waals surface area contributed by atoms with Crippen LogP contribution in [0, 0.1) is 0 Å². The van der Waals surface area contributed by atoms with Crippen LogP contribution in [0.4, 0.5) is 0 Å². The van der Waals surface area contributed by atoms with Gasteiger partial charge in [-0.3, -0.25) is 0 Å². The predicted octanol–water partition coefficient (Wildman–Crippen LogP) is 7.76. The van der Waals surface area contributed by atoms with Crippen molar-refractivity contribution < 1.29 is 0 Å². The molecule has 0 saturated heterocycles. The van der Waals surface area contributed by atoms with Gasteiger partial charge in [0.15, 0.2) is 0 Å². The van der Waals surface area contributed by atoms with Crippen LogP contribution in [0.15, 0.2) is 42.7 Å². The Balaban J connectivity index is 1.76. The highest BCUT2D eigenvalue weighted by molar-refractivity contribution is 5.17. The maximum Gasteiger partial charge on any atom is 0.105 e. The van der Waals surface area contributed by atoms with Crippen LogP contribution in [0.5, 0.6) is 0 Å². The van der Waals surface area contributed by atoms with Gasteiger partial charge in [-0.15, -0.1) is 0 Å². The molecule has 1 unspecified atom stereocenters. The van der Waals surface area contributed by atoms with Crippen molar-refractivity contribution >= 4 is 0 Å². The normalized spacial score (nSPS) is 16.1. The van der Waals surface area contributed by atoms with Crippen molar-refractivity contribution in [3.8, 4) is 0 Å². The van der Waals surface area contributed by atoms with Crippen molar-refractivity contribution in [2.45, 2.75) is 110 Å². The average molecular weight is 399 g/mol. The van der Waals surface area contributed by atoms with E-state index in [1.165, 1.54) is 102 Å². The molecule has 0 spiro atoms. The second-order valence-electron chi connectivity index (χ2n) is 8.83. The van der Waals surface area contributed by atoms with Crippen LogP contribution < -0.4 is 0 Å². The summed E-state index contributed by atoms with van der Waals surface area (Å²) < 4.78 is 0. The molecule has 2 heteroatoms. The van der Waals surface area contributed by atoms with Crippen molar-refractivity contribution in [2.75, 3.05) is 13.1 Å². The highest BCUT2D eigenvalue weighted by Crippen LogP contribution is 2.22. The Morgan fingerprint density at radius 3 is 1.52 bits per heavy atom. The number of unbranched alkanes of at least 4 members (excludes halogenated alkanes) is 11. The van der Waals surface area contributed by atoms with E-state index in [0.29, 0.717) is 6.17 Å². The highest BCUT2D eigenvalue weighted by atomic mass is 15.4. The Bertz CT molecular complexity index is 525. The van der Waals surface area contributed by atoms with Crippen molar-refractivity contribution in [3.63, 3.8) is 0 Å². The SMILES string of the molecule is CCCCCCCCCN1C=CN(CCCCCCCC)C1Cc1ccccc1. The summed E-state index contributed by atoms with van der Waals surface area (Å²) in [6, 6.07) is 11.0. The van der Waals surface area contributed by atoms with Gasteiger partial charge in [-0.05, 0) is 18.4 Å². The summed E-state index contributed by atoms with van der Waals surface area (Å²) in [5, 5.41) is 0. The van der Waals surface area contributed by atoms with Crippen LogP contribution in [0.3, 0.4) is 0 Å². The van der Waals surface area contributed by atoms with E-state index in [1.54, 1.807) is 0 Å². The number of benzene rings is 1. The number of rotatable bonds is 17. The molecule has 0 fully saturated rings. The van der Waals surface area contributed by atoms with Gasteiger partial charge in [-0.25, -0.2) is 0 Å². The van der Waals surface area contributed by atoms with E-state index in [0.717, 1.165) is 6.42 Å². The molecule has 0 amide bonds. The zero-order chi connectivity index (χ0) is 20.6. The first-order valence-electron chi connectivity index (χ1n) is 12.6. The van der Waals surface area contributed by atoms with E-state index in [4.69, 9.17) is 0 Å². The smallest absolute Gasteiger partial charge is 0.105 e. The van der Waals surface area contributed by atoms with Gasteiger partial charge in [0.05, 0.1) is 0 Å². The number of hydrogen-bond acceptors (Lipinski definition) is 2. The van der Waals surface area contributed by atoms with Crippen LogP contribution >= 0.6 is 0 Å². The van der Waals surface area contributed by atoms with Crippen molar-refractivity contribution in [2.24, 2.45) is 0 Å². The molecule has 1 aromatic rings. The minimum atomic E-state index is 0.508. The van der Waals surface area contributed by atoms with Gasteiger partial charge in [0, 0.05) is 31.9 Å². The van der Waals surface area contributed by atoms with Gasteiger partial charge in [-0.2, -0.15) is 0 Å². The fourth-order valence-electron chi connectivity index (χ4n) is 4.39. The Morgan fingerprint density at radius 1 is 0.586 bits per heavy atom. The molecular weight excluding hydrogens is 352 g/mol. The third-order valence-corrected chi connectivity index (χ3v) is 6.27. The lowest BCUT2D eigenvalue weighted by molar-refractivity contribution is 0.148. The first-order valence-corrected chi connectivity index (χ1v) is 12.6. The van der Waals surface area contributed by atoms with E-state index >= 15 is 0 Å². The highest BCUT2D eigenvalue weighted by Gasteiger charge is 2.25. The lowest BCUT2D eigenvalue weighted by Crippen LogP contribution is -2.41. The lowest BCUT2D eigenvalue weighted by atomic mass is 10.1. The average Bonchev–Trinajstić information content (AvgIpc) is 3.12. The standard InChI is InChI=1S/C27H46N2/c1-3-5-7-9-11-13-18-22-29-24-23-28(21-17-12-10-8-6-4-2)27(29)25-26-19-15-14-16-20-26/h14-16,19-20,23-24,27H,3-13,17-18,21-22,25H2,1-2H3. The Labute approximate surface area is 181 Å². The molecule has 0 saturated carbocycles. The van der Waals surface area contributed by atoms with Gasteiger partial charge in [0.25, 0.3) is 0 Å². The first kappa shape index (κ1) is 23.8. The Morgan fingerprint density at radius 2 is 1.03 bits per heavy atom. The minimum Gasteiger partial charge on any atom is -0.356 e. The molecular formula is C27H46N2. The molecule has 0 N–H and O–H groups in total. The molecule has 1 heterocycles.